The molecule has 29 heavy (non-hydrogen) atoms. The van der Waals surface area contributed by atoms with Gasteiger partial charge in [0.25, 0.3) is 5.91 Å². The number of aromatic nitrogens is 1. The highest BCUT2D eigenvalue weighted by molar-refractivity contribution is 7.22. The molecule has 2 aliphatic heterocycles. The van der Waals surface area contributed by atoms with Gasteiger partial charge < -0.3 is 14.2 Å². The maximum Gasteiger partial charge on any atom is 0.298 e. The summed E-state index contributed by atoms with van der Waals surface area (Å²) in [6, 6.07) is 4.22. The Morgan fingerprint density at radius 2 is 2.03 bits per heavy atom. The van der Waals surface area contributed by atoms with E-state index in [1.807, 2.05) is 0 Å². The number of rotatable bonds is 6. The predicted octanol–water partition coefficient (Wildman–Crippen LogP) is 2.86. The molecule has 0 aliphatic carbocycles. The smallest absolute Gasteiger partial charge is 0.298 e. The quantitative estimate of drug-likeness (QED) is 0.720. The molecule has 0 spiro atoms. The third-order valence-electron chi connectivity index (χ3n) is 5.10. The Morgan fingerprint density at radius 1 is 1.21 bits per heavy atom. The highest BCUT2D eigenvalue weighted by Crippen LogP contribution is 2.33. The van der Waals surface area contributed by atoms with Crippen LogP contribution in [0, 0.1) is 13.8 Å². The summed E-state index contributed by atoms with van der Waals surface area (Å²) >= 11 is 1.56. The minimum Gasteiger partial charge on any atom is -0.494 e. The maximum absolute atomic E-state index is 13.2. The van der Waals surface area contributed by atoms with E-state index in [0.29, 0.717) is 24.9 Å². The number of carbonyl (C=O) groups excluding carboxylic acids is 1. The molecule has 0 unspecified atom stereocenters. The van der Waals surface area contributed by atoms with Crippen LogP contribution in [0.4, 0.5) is 5.13 Å². The van der Waals surface area contributed by atoms with Crippen LogP contribution in [0.25, 0.3) is 10.2 Å². The third-order valence-corrected chi connectivity index (χ3v) is 6.33. The lowest BCUT2D eigenvalue weighted by molar-refractivity contribution is -0.119. The van der Waals surface area contributed by atoms with Crippen molar-refractivity contribution in [1.82, 2.24) is 9.88 Å². The van der Waals surface area contributed by atoms with E-state index in [4.69, 9.17) is 19.2 Å². The van der Waals surface area contributed by atoms with Crippen molar-refractivity contribution in [2.75, 3.05) is 57.5 Å². The molecule has 1 aromatic carbocycles. The van der Waals surface area contributed by atoms with E-state index in [2.05, 4.69) is 30.9 Å². The van der Waals surface area contributed by atoms with Gasteiger partial charge in [-0.05, 0) is 37.5 Å². The van der Waals surface area contributed by atoms with Crippen molar-refractivity contribution >= 4 is 32.6 Å². The highest BCUT2D eigenvalue weighted by Gasteiger charge is 2.26. The number of nitrogens with zero attached hydrogens (tertiary/aromatic N) is 3. The lowest BCUT2D eigenvalue weighted by atomic mass is 10.1. The Bertz CT molecular complexity index is 905. The minimum atomic E-state index is -0.194. The van der Waals surface area contributed by atoms with Gasteiger partial charge in [0.1, 0.15) is 19.5 Å². The van der Waals surface area contributed by atoms with Crippen LogP contribution in [-0.4, -0.2) is 68.4 Å². The van der Waals surface area contributed by atoms with Crippen LogP contribution in [0.2, 0.25) is 0 Å². The summed E-state index contributed by atoms with van der Waals surface area (Å²) in [5.74, 6) is 0.0508. The predicted molar refractivity (Wildman–Crippen MR) is 113 cm³/mol. The first-order valence-corrected chi connectivity index (χ1v) is 10.9. The fourth-order valence-electron chi connectivity index (χ4n) is 3.66. The Morgan fingerprint density at radius 3 is 2.79 bits per heavy atom. The second kappa shape index (κ2) is 9.11. The van der Waals surface area contributed by atoms with Gasteiger partial charge in [0.15, 0.2) is 5.13 Å². The molecule has 7 nitrogen and oxygen atoms in total. The molecule has 4 rings (SSSR count). The van der Waals surface area contributed by atoms with Crippen molar-refractivity contribution in [3.63, 3.8) is 0 Å². The zero-order valence-electron chi connectivity index (χ0n) is 17.0. The molecule has 0 saturated carbocycles. The summed E-state index contributed by atoms with van der Waals surface area (Å²) in [6.07, 6.45) is 2.28. The standard InChI is InChI=1S/C21H27N3O4S/c1-15-12-16(2)19-17(13-15)22-21(29-19)24(20(25)18-14-27-10-11-28-18)5-3-4-23-6-8-26-9-7-23/h12-14H,3-11H2,1-2H3. The van der Waals surface area contributed by atoms with Crippen molar-refractivity contribution in [1.29, 1.82) is 0 Å². The van der Waals surface area contributed by atoms with Crippen molar-refractivity contribution in [2.24, 2.45) is 0 Å². The van der Waals surface area contributed by atoms with Crippen molar-refractivity contribution in [2.45, 2.75) is 20.3 Å². The molecule has 2 aliphatic rings. The number of morpholine rings is 1. The van der Waals surface area contributed by atoms with Crippen LogP contribution >= 0.6 is 11.3 Å². The summed E-state index contributed by atoms with van der Waals surface area (Å²) < 4.78 is 17.4. The van der Waals surface area contributed by atoms with Crippen LogP contribution in [0.3, 0.4) is 0 Å². The van der Waals surface area contributed by atoms with Crippen LogP contribution in [0.15, 0.2) is 24.2 Å². The topological polar surface area (TPSA) is 64.1 Å². The van der Waals surface area contributed by atoms with Crippen LogP contribution in [-0.2, 0) is 19.0 Å². The zero-order valence-corrected chi connectivity index (χ0v) is 17.8. The normalized spacial score (nSPS) is 17.5. The van der Waals surface area contributed by atoms with Gasteiger partial charge in [-0.15, -0.1) is 0 Å². The van der Waals surface area contributed by atoms with Gasteiger partial charge in [-0.2, -0.15) is 0 Å². The average molecular weight is 418 g/mol. The molecule has 0 N–H and O–H groups in total. The SMILES string of the molecule is Cc1cc(C)c2sc(N(CCCN3CCOCC3)C(=O)C3=COCCO3)nc2c1. The van der Waals surface area contributed by atoms with Crippen LogP contribution in [0.1, 0.15) is 17.5 Å². The van der Waals surface area contributed by atoms with Crippen molar-refractivity contribution in [3.05, 3.63) is 35.3 Å². The third kappa shape index (κ3) is 4.71. The van der Waals surface area contributed by atoms with E-state index in [0.717, 1.165) is 49.5 Å². The molecular weight excluding hydrogens is 390 g/mol. The van der Waals surface area contributed by atoms with E-state index in [-0.39, 0.29) is 11.7 Å². The second-order valence-corrected chi connectivity index (χ2v) is 8.37. The first kappa shape index (κ1) is 20.1. The van der Waals surface area contributed by atoms with Crippen LogP contribution in [0.5, 0.6) is 0 Å². The molecule has 8 heteroatoms. The molecule has 1 saturated heterocycles. The number of ether oxygens (including phenoxy) is 3. The Balaban J connectivity index is 1.56. The molecule has 3 heterocycles. The van der Waals surface area contributed by atoms with E-state index in [1.54, 1.807) is 16.2 Å². The summed E-state index contributed by atoms with van der Waals surface area (Å²) in [5.41, 5.74) is 3.29. The molecule has 0 atom stereocenters. The Kier molecular flexibility index (Phi) is 6.32. The Hall–Kier alpha value is -2.16. The van der Waals surface area contributed by atoms with Crippen molar-refractivity contribution in [3.8, 4) is 0 Å². The molecule has 0 radical (unpaired) electrons. The lowest BCUT2D eigenvalue weighted by Crippen LogP contribution is -2.40. The fraction of sp³-hybridized carbons (Fsp3) is 0.524. The summed E-state index contributed by atoms with van der Waals surface area (Å²) in [4.78, 5) is 22.1. The monoisotopic (exact) mass is 417 g/mol. The first-order chi connectivity index (χ1) is 14.1. The molecule has 1 amide bonds. The molecule has 1 fully saturated rings. The number of thiazole rings is 1. The number of hydrogen-bond donors (Lipinski definition) is 0. The van der Waals surface area contributed by atoms with Gasteiger partial charge in [-0.1, -0.05) is 17.4 Å². The van der Waals surface area contributed by atoms with Crippen molar-refractivity contribution < 1.29 is 19.0 Å². The highest BCUT2D eigenvalue weighted by atomic mass is 32.1. The van der Waals surface area contributed by atoms with Gasteiger partial charge in [0.2, 0.25) is 5.76 Å². The first-order valence-electron chi connectivity index (χ1n) is 10.1. The average Bonchev–Trinajstić information content (AvgIpc) is 3.16. The van der Waals surface area contributed by atoms with Crippen LogP contribution < -0.4 is 4.90 Å². The second-order valence-electron chi connectivity index (χ2n) is 7.39. The van der Waals surface area contributed by atoms with E-state index >= 15 is 0 Å². The summed E-state index contributed by atoms with van der Waals surface area (Å²) in [5, 5.41) is 0.704. The van der Waals surface area contributed by atoms with E-state index in [9.17, 15) is 4.79 Å². The number of anilines is 1. The summed E-state index contributed by atoms with van der Waals surface area (Å²) in [7, 11) is 0. The number of aryl methyl sites for hydroxylation is 2. The van der Waals surface area contributed by atoms with Gasteiger partial charge in [-0.3, -0.25) is 14.6 Å². The van der Waals surface area contributed by atoms with Gasteiger partial charge in [0.05, 0.1) is 23.4 Å². The number of amides is 1. The maximum atomic E-state index is 13.2. The summed E-state index contributed by atoms with van der Waals surface area (Å²) in [6.45, 7) is 9.93. The minimum absolute atomic E-state index is 0.194. The molecule has 2 aromatic rings. The van der Waals surface area contributed by atoms with Gasteiger partial charge in [-0.25, -0.2) is 4.98 Å². The van der Waals surface area contributed by atoms with E-state index < -0.39 is 0 Å². The number of benzene rings is 1. The molecule has 1 aromatic heterocycles. The lowest BCUT2D eigenvalue weighted by Gasteiger charge is -2.28. The Labute approximate surface area is 174 Å². The largest absolute Gasteiger partial charge is 0.494 e. The number of hydrogen-bond acceptors (Lipinski definition) is 7. The fourth-order valence-corrected chi connectivity index (χ4v) is 4.70. The zero-order chi connectivity index (χ0) is 20.2. The molecular formula is C21H27N3O4S. The number of carbonyl (C=O) groups is 1. The molecule has 156 valence electrons. The number of fused-ring (bicyclic) bond motifs is 1. The van der Waals surface area contributed by atoms with Gasteiger partial charge >= 0.3 is 0 Å². The molecule has 0 bridgehead atoms. The van der Waals surface area contributed by atoms with Gasteiger partial charge in [0, 0.05) is 26.2 Å². The van der Waals surface area contributed by atoms with E-state index in [1.165, 1.54) is 17.4 Å².